The minimum Gasteiger partial charge on any atom is -0.445 e. The van der Waals surface area contributed by atoms with E-state index in [2.05, 4.69) is 32.7 Å². The Morgan fingerprint density at radius 1 is 0.917 bits per heavy atom. The molecule has 2 heterocycles. The van der Waals surface area contributed by atoms with Gasteiger partial charge in [-0.05, 0) is 60.7 Å². The first-order valence-corrected chi connectivity index (χ1v) is 13.0. The van der Waals surface area contributed by atoms with Crippen LogP contribution in [-0.2, 0) is 19.5 Å². The lowest BCUT2D eigenvalue weighted by Gasteiger charge is -2.40. The van der Waals surface area contributed by atoms with E-state index in [4.69, 9.17) is 4.42 Å². The van der Waals surface area contributed by atoms with Crippen molar-refractivity contribution in [3.63, 3.8) is 0 Å². The van der Waals surface area contributed by atoms with E-state index < -0.39 is 15.1 Å². The predicted molar refractivity (Wildman–Crippen MR) is 130 cm³/mol. The summed E-state index contributed by atoms with van der Waals surface area (Å²) in [6.07, 6.45) is 10.9. The molecule has 0 spiro atoms. The first-order chi connectivity index (χ1) is 16.9. The fourth-order valence-corrected chi connectivity index (χ4v) is 4.07. The van der Waals surface area contributed by atoms with Crippen LogP contribution in [0, 0.1) is 0 Å². The van der Waals surface area contributed by atoms with Crippen LogP contribution in [0.5, 0.6) is 0 Å². The van der Waals surface area contributed by atoms with Gasteiger partial charge in [0.05, 0.1) is 18.4 Å². The summed E-state index contributed by atoms with van der Waals surface area (Å²) in [6, 6.07) is 10.8. The third kappa shape index (κ3) is 7.41. The second-order valence-electron chi connectivity index (χ2n) is 8.22. The SMILES string of the molecule is FS(F)(F)(F)(F)c1ccc(C=Cc2nc(CNc3ccc(CCCCn4ccnn4)cc3)co2)cc1. The van der Waals surface area contributed by atoms with Gasteiger partial charge in [0.2, 0.25) is 5.89 Å². The Balaban J connectivity index is 1.23. The molecule has 2 aromatic carbocycles. The average Bonchev–Trinajstić information content (AvgIpc) is 3.51. The molecule has 6 nitrogen and oxygen atoms in total. The molecule has 0 aliphatic rings. The Morgan fingerprint density at radius 2 is 1.67 bits per heavy atom. The second kappa shape index (κ2) is 9.41. The first kappa shape index (κ1) is 25.4. The zero-order chi connectivity index (χ0) is 25.7. The van der Waals surface area contributed by atoms with Crippen LogP contribution < -0.4 is 5.32 Å². The third-order valence-electron chi connectivity index (χ3n) is 5.32. The Labute approximate surface area is 204 Å². The smallest absolute Gasteiger partial charge is 0.310 e. The van der Waals surface area contributed by atoms with Crippen molar-refractivity contribution < 1.29 is 23.8 Å². The summed E-state index contributed by atoms with van der Waals surface area (Å²) in [5.74, 6) is 0.241. The molecular weight excluding hydrogens is 501 g/mol. The van der Waals surface area contributed by atoms with Gasteiger partial charge in [0.1, 0.15) is 11.2 Å². The molecule has 0 saturated carbocycles. The van der Waals surface area contributed by atoms with Crippen LogP contribution in [-0.4, -0.2) is 20.0 Å². The molecular formula is C24H24F5N5OS. The van der Waals surface area contributed by atoms with Gasteiger partial charge in [-0.2, -0.15) is 0 Å². The van der Waals surface area contributed by atoms with Gasteiger partial charge in [-0.3, -0.25) is 4.68 Å². The van der Waals surface area contributed by atoms with Crippen LogP contribution in [0.2, 0.25) is 0 Å². The maximum Gasteiger partial charge on any atom is 0.310 e. The van der Waals surface area contributed by atoms with Gasteiger partial charge in [-0.15, -0.1) is 5.10 Å². The highest BCUT2D eigenvalue weighted by Crippen LogP contribution is 3.02. The number of nitrogens with zero attached hydrogens (tertiary/aromatic N) is 4. The number of hydrogen-bond donors (Lipinski definition) is 1. The maximum atomic E-state index is 12.8. The molecule has 0 aliphatic heterocycles. The Bertz CT molecular complexity index is 1300. The van der Waals surface area contributed by atoms with E-state index in [9.17, 15) is 19.4 Å². The first-order valence-electron chi connectivity index (χ1n) is 11.1. The van der Waals surface area contributed by atoms with Crippen LogP contribution in [0.25, 0.3) is 12.2 Å². The van der Waals surface area contributed by atoms with E-state index in [-0.39, 0.29) is 5.89 Å². The van der Waals surface area contributed by atoms with Crippen molar-refractivity contribution in [3.8, 4) is 0 Å². The van der Waals surface area contributed by atoms with E-state index in [0.29, 0.717) is 29.9 Å². The second-order valence-corrected chi connectivity index (χ2v) is 10.6. The largest absolute Gasteiger partial charge is 0.445 e. The van der Waals surface area contributed by atoms with Crippen molar-refractivity contribution in [2.75, 3.05) is 5.32 Å². The third-order valence-corrected chi connectivity index (χ3v) is 6.48. The van der Waals surface area contributed by atoms with Gasteiger partial charge < -0.3 is 9.73 Å². The van der Waals surface area contributed by atoms with Gasteiger partial charge in [0.25, 0.3) is 0 Å². The fraction of sp³-hybridized carbons (Fsp3) is 0.208. The molecule has 4 rings (SSSR count). The number of anilines is 1. The minimum atomic E-state index is -9.67. The number of hydrogen-bond acceptors (Lipinski definition) is 5. The van der Waals surface area contributed by atoms with Crippen molar-refractivity contribution in [1.82, 2.24) is 20.0 Å². The molecule has 0 saturated heterocycles. The van der Waals surface area contributed by atoms with Gasteiger partial charge in [-0.1, -0.05) is 48.9 Å². The molecule has 4 aromatic rings. The lowest BCUT2D eigenvalue weighted by Crippen LogP contribution is -2.05. The minimum absolute atomic E-state index is 0.241. The van der Waals surface area contributed by atoms with Gasteiger partial charge in [0, 0.05) is 24.5 Å². The Morgan fingerprint density at radius 3 is 2.33 bits per heavy atom. The van der Waals surface area contributed by atoms with Gasteiger partial charge in [-0.25, -0.2) is 4.98 Å². The molecule has 0 fully saturated rings. The maximum absolute atomic E-state index is 12.8. The molecule has 0 aliphatic carbocycles. The fourth-order valence-electron chi connectivity index (χ4n) is 3.42. The van der Waals surface area contributed by atoms with Crippen molar-refractivity contribution in [2.45, 2.75) is 37.2 Å². The number of aromatic nitrogens is 4. The summed E-state index contributed by atoms with van der Waals surface area (Å²) in [6.45, 7) is 1.26. The predicted octanol–water partition coefficient (Wildman–Crippen LogP) is 7.73. The topological polar surface area (TPSA) is 68.8 Å². The summed E-state index contributed by atoms with van der Waals surface area (Å²) in [5, 5.41) is 11.0. The van der Waals surface area contributed by atoms with Crippen LogP contribution in [0.3, 0.4) is 0 Å². The van der Waals surface area contributed by atoms with Crippen LogP contribution >= 0.6 is 10.2 Å². The summed E-state index contributed by atoms with van der Waals surface area (Å²) < 4.78 is 71.2. The van der Waals surface area contributed by atoms with Crippen molar-refractivity contribution in [2.24, 2.45) is 0 Å². The highest BCUT2D eigenvalue weighted by molar-refractivity contribution is 8.45. The van der Waals surface area contributed by atoms with E-state index in [0.717, 1.165) is 43.6 Å². The van der Waals surface area contributed by atoms with Gasteiger partial charge in [0.15, 0.2) is 0 Å². The van der Waals surface area contributed by atoms with E-state index in [1.807, 2.05) is 23.0 Å². The van der Waals surface area contributed by atoms with Crippen molar-refractivity contribution >= 4 is 28.1 Å². The summed E-state index contributed by atoms with van der Waals surface area (Å²) in [7, 11) is -9.67. The molecule has 0 atom stereocenters. The summed E-state index contributed by atoms with van der Waals surface area (Å²) in [4.78, 5) is 2.36. The lowest BCUT2D eigenvalue weighted by atomic mass is 10.1. The number of rotatable bonds is 11. The lowest BCUT2D eigenvalue weighted by molar-refractivity contribution is 0.364. The quantitative estimate of drug-likeness (QED) is 0.160. The molecule has 0 unspecified atom stereocenters. The van der Waals surface area contributed by atoms with E-state index in [1.165, 1.54) is 24.0 Å². The number of nitrogens with one attached hydrogen (secondary N) is 1. The number of unbranched alkanes of at least 4 members (excludes halogenated alkanes) is 1. The number of oxazole rings is 1. The summed E-state index contributed by atoms with van der Waals surface area (Å²) >= 11 is 0. The molecule has 12 heteroatoms. The molecule has 0 bridgehead atoms. The van der Waals surface area contributed by atoms with Crippen molar-refractivity contribution in [3.05, 3.63) is 89.9 Å². The van der Waals surface area contributed by atoms with Crippen LogP contribution in [0.15, 0.2) is 76.5 Å². The van der Waals surface area contributed by atoms with Gasteiger partial charge >= 0.3 is 10.2 Å². The molecule has 192 valence electrons. The van der Waals surface area contributed by atoms with Crippen LogP contribution in [0.1, 0.15) is 35.6 Å². The number of aryl methyl sites for hydroxylation is 2. The Hall–Kier alpha value is -3.67. The monoisotopic (exact) mass is 525 g/mol. The Kier molecular flexibility index (Phi) is 6.65. The van der Waals surface area contributed by atoms with Crippen LogP contribution in [0.4, 0.5) is 25.1 Å². The average molecular weight is 526 g/mol. The van der Waals surface area contributed by atoms with E-state index >= 15 is 0 Å². The molecule has 1 N–H and O–H groups in total. The zero-order valence-corrected chi connectivity index (χ0v) is 19.9. The van der Waals surface area contributed by atoms with E-state index in [1.54, 1.807) is 6.20 Å². The molecule has 0 amide bonds. The normalized spacial score (nSPS) is 14.0. The zero-order valence-electron chi connectivity index (χ0n) is 19.0. The highest BCUT2D eigenvalue weighted by atomic mass is 32.5. The molecule has 2 aromatic heterocycles. The standard InChI is InChI=1S/C24H24F5N5OS/c25-36(26,27,28,29)23-11-6-20(7-12-23)8-13-24-32-22(18-35-24)17-30-21-9-4-19(5-10-21)3-1-2-15-34-16-14-31-33-34/h4-14,16,18,30H,1-3,15,17H2. The highest BCUT2D eigenvalue weighted by Gasteiger charge is 2.65. The molecule has 0 radical (unpaired) electrons. The van der Waals surface area contributed by atoms with Crippen molar-refractivity contribution in [1.29, 1.82) is 0 Å². The summed E-state index contributed by atoms with van der Waals surface area (Å²) in [5.41, 5.74) is 3.09. The molecule has 36 heavy (non-hydrogen) atoms. The number of benzene rings is 2. The number of halogens is 5.